The molecule has 42 heavy (non-hydrogen) atoms. The van der Waals surface area contributed by atoms with Crippen molar-refractivity contribution in [3.8, 4) is 0 Å². The van der Waals surface area contributed by atoms with Crippen LogP contribution in [0.25, 0.3) is 0 Å². The number of carbonyl (C=O) groups is 4. The molecule has 10 nitrogen and oxygen atoms in total. The van der Waals surface area contributed by atoms with Crippen LogP contribution >= 0.6 is 15.9 Å². The molecule has 3 aliphatic heterocycles. The second kappa shape index (κ2) is 15.0. The fourth-order valence-electron chi connectivity index (χ4n) is 6.70. The maximum absolute atomic E-state index is 14.4. The van der Waals surface area contributed by atoms with Gasteiger partial charge in [0.1, 0.15) is 17.7 Å². The van der Waals surface area contributed by atoms with E-state index in [1.165, 1.54) is 4.90 Å². The molecule has 0 aromatic heterocycles. The smallest absolute Gasteiger partial charge is 0.312 e. The normalized spacial score (nSPS) is 29.3. The van der Waals surface area contributed by atoms with Crippen molar-refractivity contribution in [2.75, 3.05) is 26.2 Å². The highest BCUT2D eigenvalue weighted by molar-refractivity contribution is 9.09. The number of unbranched alkanes of at least 4 members (excludes halogenated alkanes) is 1. The number of rotatable bonds is 17. The largest absolute Gasteiger partial charge is 0.460 e. The third-order valence-corrected chi connectivity index (χ3v) is 9.35. The summed E-state index contributed by atoms with van der Waals surface area (Å²) in [4.78, 5) is 57.4. The highest BCUT2D eigenvalue weighted by atomic mass is 79.9. The Balaban J connectivity index is 1.95. The van der Waals surface area contributed by atoms with Gasteiger partial charge in [-0.25, -0.2) is 0 Å². The van der Waals surface area contributed by atoms with Gasteiger partial charge in [-0.2, -0.15) is 0 Å². The Bertz CT molecular complexity index is 1020. The zero-order valence-electron chi connectivity index (χ0n) is 25.4. The van der Waals surface area contributed by atoms with Crippen molar-refractivity contribution in [3.63, 3.8) is 0 Å². The summed E-state index contributed by atoms with van der Waals surface area (Å²) >= 11 is 3.68. The van der Waals surface area contributed by atoms with Crippen molar-refractivity contribution >= 4 is 39.6 Å². The van der Waals surface area contributed by atoms with Crippen molar-refractivity contribution in [2.45, 2.75) is 101 Å². The first-order valence-electron chi connectivity index (χ1n) is 15.2. The highest BCUT2D eigenvalue weighted by Crippen LogP contribution is 2.61. The van der Waals surface area contributed by atoms with Crippen LogP contribution in [0.15, 0.2) is 25.3 Å². The quantitative estimate of drug-likeness (QED) is 0.140. The second-order valence-electron chi connectivity index (χ2n) is 12.2. The number of aliphatic hydroxyl groups excluding tert-OH is 1. The number of fused-ring (bicyclic) bond motifs is 1. The molecule has 3 fully saturated rings. The summed E-state index contributed by atoms with van der Waals surface area (Å²) in [5.41, 5.74) is -1.24. The number of carbonyl (C=O) groups excluding carboxylic acids is 4. The van der Waals surface area contributed by atoms with Gasteiger partial charge in [-0.05, 0) is 38.5 Å². The van der Waals surface area contributed by atoms with E-state index in [0.29, 0.717) is 38.8 Å². The number of esters is 1. The minimum atomic E-state index is -1.24. The van der Waals surface area contributed by atoms with E-state index in [-0.39, 0.29) is 41.6 Å². The predicted octanol–water partition coefficient (Wildman–Crippen LogP) is 2.97. The number of nitrogens with one attached hydrogen (secondary N) is 1. The van der Waals surface area contributed by atoms with Gasteiger partial charge in [-0.3, -0.25) is 19.2 Å². The van der Waals surface area contributed by atoms with Crippen LogP contribution in [0.3, 0.4) is 0 Å². The van der Waals surface area contributed by atoms with Gasteiger partial charge in [-0.1, -0.05) is 55.3 Å². The second-order valence-corrected chi connectivity index (χ2v) is 13.4. The highest BCUT2D eigenvalue weighted by Gasteiger charge is 2.77. The van der Waals surface area contributed by atoms with Crippen LogP contribution in [-0.2, 0) is 28.7 Å². The Morgan fingerprint density at radius 1 is 1.29 bits per heavy atom. The molecule has 1 unspecified atom stereocenters. The van der Waals surface area contributed by atoms with Crippen molar-refractivity contribution in [3.05, 3.63) is 25.3 Å². The average Bonchev–Trinajstić information content (AvgIpc) is 3.54. The van der Waals surface area contributed by atoms with Gasteiger partial charge >= 0.3 is 5.97 Å². The third kappa shape index (κ3) is 6.94. The van der Waals surface area contributed by atoms with E-state index < -0.39 is 47.7 Å². The molecule has 3 aliphatic rings. The fourth-order valence-corrected chi connectivity index (χ4v) is 7.64. The minimum absolute atomic E-state index is 0.129. The number of hydrogen-bond acceptors (Lipinski definition) is 7. The van der Waals surface area contributed by atoms with Crippen molar-refractivity contribution in [1.82, 2.24) is 15.1 Å². The molecular weight excluding hydrogens is 606 g/mol. The van der Waals surface area contributed by atoms with Crippen LogP contribution in [0.5, 0.6) is 0 Å². The SMILES string of the molecule is C=CCCC(=O)NC[C@H](C)OC(=O)[C@@H]1[C@H]2O[C@@]3(CC2Br)[C@H](C(=O)N(CC=C)CCCC)N([C@@H](CO)CC(C)C)C(=O)[C@@H]13. The number of ether oxygens (including phenoxy) is 2. The maximum atomic E-state index is 14.4. The van der Waals surface area contributed by atoms with Crippen LogP contribution < -0.4 is 5.32 Å². The van der Waals surface area contributed by atoms with Gasteiger partial charge < -0.3 is 29.7 Å². The summed E-state index contributed by atoms with van der Waals surface area (Å²) in [7, 11) is 0. The lowest BCUT2D eigenvalue weighted by Crippen LogP contribution is -2.59. The molecule has 3 heterocycles. The number of allylic oxidation sites excluding steroid dienone is 1. The summed E-state index contributed by atoms with van der Waals surface area (Å²) in [6.07, 6.45) is 5.41. The maximum Gasteiger partial charge on any atom is 0.312 e. The van der Waals surface area contributed by atoms with E-state index in [0.717, 1.165) is 12.8 Å². The van der Waals surface area contributed by atoms with Crippen LogP contribution in [-0.4, -0.2) is 99.6 Å². The minimum Gasteiger partial charge on any atom is -0.460 e. The van der Waals surface area contributed by atoms with E-state index in [1.807, 2.05) is 20.8 Å². The number of hydrogen-bond donors (Lipinski definition) is 2. The number of nitrogens with zero attached hydrogens (tertiary/aromatic N) is 2. The first kappa shape index (κ1) is 34.3. The first-order valence-corrected chi connectivity index (χ1v) is 16.1. The van der Waals surface area contributed by atoms with E-state index in [9.17, 15) is 24.3 Å². The number of amides is 3. The Labute approximate surface area is 258 Å². The molecule has 0 aliphatic carbocycles. The molecule has 0 aromatic rings. The standard InChI is InChI=1S/C31H48BrN3O7/c1-7-10-12-23(37)33-17-20(6)41-30(40)24-25-28(38)35(21(18-36)15-19(4)5)27(31(25)16-22(32)26(24)42-31)29(39)34(13-9-3)14-11-8-2/h7,9,19-22,24-27,36H,1,3,8,10-18H2,2,4-6H3,(H,33,37)/t20-,21+,22?,24-,25+,26-,27-,31+/m0/s1. The van der Waals surface area contributed by atoms with Gasteiger partial charge in [0.05, 0.1) is 37.1 Å². The molecule has 3 rings (SSSR count). The summed E-state index contributed by atoms with van der Waals surface area (Å²) in [6.45, 7) is 15.8. The zero-order valence-corrected chi connectivity index (χ0v) is 27.0. The molecule has 236 valence electrons. The van der Waals surface area contributed by atoms with Crippen LogP contribution in [0.2, 0.25) is 0 Å². The van der Waals surface area contributed by atoms with Crippen molar-refractivity contribution in [1.29, 1.82) is 0 Å². The lowest BCUT2D eigenvalue weighted by molar-refractivity contribution is -0.160. The van der Waals surface area contributed by atoms with Gasteiger partial charge in [0.2, 0.25) is 17.7 Å². The summed E-state index contributed by atoms with van der Waals surface area (Å²) in [6, 6.07) is -1.60. The topological polar surface area (TPSA) is 125 Å². The van der Waals surface area contributed by atoms with Gasteiger partial charge in [-0.15, -0.1) is 13.2 Å². The summed E-state index contributed by atoms with van der Waals surface area (Å²) in [5.74, 6) is -3.10. The molecule has 3 saturated heterocycles. The van der Waals surface area contributed by atoms with Gasteiger partial charge in [0.25, 0.3) is 0 Å². The summed E-state index contributed by atoms with van der Waals surface area (Å²) < 4.78 is 12.3. The average molecular weight is 655 g/mol. The predicted molar refractivity (Wildman–Crippen MR) is 163 cm³/mol. The van der Waals surface area contributed by atoms with Crippen LogP contribution in [0.1, 0.15) is 66.2 Å². The molecule has 0 aromatic carbocycles. The van der Waals surface area contributed by atoms with Crippen molar-refractivity contribution in [2.24, 2.45) is 17.8 Å². The molecular formula is C31H48BrN3O7. The van der Waals surface area contributed by atoms with E-state index in [1.54, 1.807) is 24.0 Å². The third-order valence-electron chi connectivity index (χ3n) is 8.50. The first-order chi connectivity index (χ1) is 20.0. The number of alkyl halides is 1. The number of aliphatic hydroxyl groups is 1. The van der Waals surface area contributed by atoms with Gasteiger partial charge in [0, 0.05) is 24.3 Å². The van der Waals surface area contributed by atoms with E-state index in [2.05, 4.69) is 34.4 Å². The lowest BCUT2D eigenvalue weighted by Gasteiger charge is -2.39. The van der Waals surface area contributed by atoms with Crippen LogP contribution in [0.4, 0.5) is 0 Å². The molecule has 0 saturated carbocycles. The number of halogens is 1. The Morgan fingerprint density at radius 3 is 2.60 bits per heavy atom. The van der Waals surface area contributed by atoms with Gasteiger partial charge in [0.15, 0.2) is 0 Å². The molecule has 11 heteroatoms. The molecule has 8 atom stereocenters. The number of likely N-dealkylation sites (tertiary alicyclic amines) is 1. The van der Waals surface area contributed by atoms with Crippen molar-refractivity contribution < 1.29 is 33.8 Å². The lowest BCUT2D eigenvalue weighted by atomic mass is 9.70. The Morgan fingerprint density at radius 2 is 2.00 bits per heavy atom. The molecule has 2 N–H and O–H groups in total. The fraction of sp³-hybridized carbons (Fsp3) is 0.742. The molecule has 0 radical (unpaired) electrons. The van der Waals surface area contributed by atoms with Crippen LogP contribution in [0, 0.1) is 17.8 Å². The monoisotopic (exact) mass is 653 g/mol. The zero-order chi connectivity index (χ0) is 31.2. The van der Waals surface area contributed by atoms with E-state index in [4.69, 9.17) is 9.47 Å². The van der Waals surface area contributed by atoms with E-state index >= 15 is 0 Å². The Kier molecular flexibility index (Phi) is 12.2. The molecule has 3 amide bonds. The molecule has 2 bridgehead atoms. The summed E-state index contributed by atoms with van der Waals surface area (Å²) in [5, 5.41) is 13.2. The Hall–Kier alpha value is -2.24. The molecule has 1 spiro atoms.